The molecule has 2 heterocycles. The zero-order valence-corrected chi connectivity index (χ0v) is 15.9. The van der Waals surface area contributed by atoms with E-state index in [1.807, 2.05) is 12.3 Å². The maximum atomic E-state index is 8.96. The van der Waals surface area contributed by atoms with Gasteiger partial charge in [0.2, 0.25) is 0 Å². The van der Waals surface area contributed by atoms with Crippen molar-refractivity contribution in [1.82, 2.24) is 15.1 Å². The van der Waals surface area contributed by atoms with Crippen molar-refractivity contribution in [2.45, 2.75) is 64.8 Å². The van der Waals surface area contributed by atoms with Crippen LogP contribution < -0.4 is 5.32 Å². The van der Waals surface area contributed by atoms with Gasteiger partial charge in [-0.2, -0.15) is 5.26 Å². The highest BCUT2D eigenvalue weighted by Crippen LogP contribution is 2.34. The molecule has 0 aromatic carbocycles. The minimum Gasteiger partial charge on any atom is -0.473 e. The van der Waals surface area contributed by atoms with E-state index in [1.165, 1.54) is 24.8 Å². The molecule has 0 radical (unpaired) electrons. The number of dihydropyridines is 1. The zero-order chi connectivity index (χ0) is 18.0. The van der Waals surface area contributed by atoms with Gasteiger partial charge in [0.05, 0.1) is 11.7 Å². The number of nitrogens with one attached hydrogen (secondary N) is 1. The second-order valence-electron chi connectivity index (χ2n) is 8.19. The quantitative estimate of drug-likeness (QED) is 0.799. The molecule has 5 heteroatoms. The number of allylic oxidation sites excluding steroid dienone is 3. The van der Waals surface area contributed by atoms with Crippen LogP contribution in [0.5, 0.6) is 0 Å². The number of hydrogen-bond donors (Lipinski definition) is 1. The SMILES string of the molecule is CC1CN(C(OC(C)(C)C)=C2CCC2)CCN1C1C=CC(C#N)=CN1. The van der Waals surface area contributed by atoms with Crippen LogP contribution in [0.4, 0.5) is 0 Å². The normalized spacial score (nSPS) is 27.1. The summed E-state index contributed by atoms with van der Waals surface area (Å²) in [5.41, 5.74) is 2.00. The average Bonchev–Trinajstić information content (AvgIpc) is 2.51. The van der Waals surface area contributed by atoms with Crippen LogP contribution in [0.2, 0.25) is 0 Å². The largest absolute Gasteiger partial charge is 0.473 e. The van der Waals surface area contributed by atoms with Crippen LogP contribution in [0.25, 0.3) is 0 Å². The molecule has 5 nitrogen and oxygen atoms in total. The number of hydrogen-bond acceptors (Lipinski definition) is 5. The van der Waals surface area contributed by atoms with Gasteiger partial charge < -0.3 is 15.0 Å². The van der Waals surface area contributed by atoms with Gasteiger partial charge >= 0.3 is 0 Å². The topological polar surface area (TPSA) is 51.5 Å². The van der Waals surface area contributed by atoms with Crippen LogP contribution in [-0.4, -0.2) is 47.2 Å². The van der Waals surface area contributed by atoms with Crippen LogP contribution in [-0.2, 0) is 4.74 Å². The Bertz CT molecular complexity index is 629. The molecule has 2 aliphatic heterocycles. The predicted molar refractivity (Wildman–Crippen MR) is 99.2 cm³/mol. The second-order valence-corrected chi connectivity index (χ2v) is 8.19. The van der Waals surface area contributed by atoms with Gasteiger partial charge in [0.1, 0.15) is 11.7 Å². The Morgan fingerprint density at radius 1 is 1.32 bits per heavy atom. The molecule has 136 valence electrons. The fraction of sp³-hybridized carbons (Fsp3) is 0.650. The Kier molecular flexibility index (Phi) is 5.10. The summed E-state index contributed by atoms with van der Waals surface area (Å²) in [6, 6.07) is 2.58. The van der Waals surface area contributed by atoms with Gasteiger partial charge in [0.15, 0.2) is 5.88 Å². The molecule has 0 aromatic rings. The van der Waals surface area contributed by atoms with E-state index in [0.29, 0.717) is 11.6 Å². The maximum Gasteiger partial charge on any atom is 0.189 e. The van der Waals surface area contributed by atoms with Crippen molar-refractivity contribution >= 4 is 0 Å². The molecule has 0 amide bonds. The molecule has 1 aliphatic carbocycles. The van der Waals surface area contributed by atoms with Crippen molar-refractivity contribution in [3.05, 3.63) is 35.4 Å². The van der Waals surface area contributed by atoms with Crippen molar-refractivity contribution < 1.29 is 4.74 Å². The number of piperazine rings is 1. The summed E-state index contributed by atoms with van der Waals surface area (Å²) in [7, 11) is 0. The molecule has 25 heavy (non-hydrogen) atoms. The summed E-state index contributed by atoms with van der Waals surface area (Å²) in [6.07, 6.45) is 9.61. The van der Waals surface area contributed by atoms with Crippen LogP contribution in [0.15, 0.2) is 35.4 Å². The summed E-state index contributed by atoms with van der Waals surface area (Å²) < 4.78 is 6.35. The van der Waals surface area contributed by atoms with Crippen molar-refractivity contribution in [3.8, 4) is 6.07 Å². The lowest BCUT2D eigenvalue weighted by Crippen LogP contribution is -2.58. The first kappa shape index (κ1) is 17.9. The van der Waals surface area contributed by atoms with Gasteiger partial charge in [-0.15, -0.1) is 0 Å². The smallest absolute Gasteiger partial charge is 0.189 e. The lowest BCUT2D eigenvalue weighted by molar-refractivity contribution is -0.0296. The van der Waals surface area contributed by atoms with E-state index in [1.54, 1.807) is 0 Å². The van der Waals surface area contributed by atoms with Crippen molar-refractivity contribution in [3.63, 3.8) is 0 Å². The second kappa shape index (κ2) is 7.13. The first-order valence-corrected chi connectivity index (χ1v) is 9.33. The van der Waals surface area contributed by atoms with Gasteiger partial charge in [-0.3, -0.25) is 4.90 Å². The molecule has 3 rings (SSSR count). The first-order valence-electron chi connectivity index (χ1n) is 9.33. The standard InChI is InChI=1S/C20H30N4O/c1-15-14-23(19(17-6-5-7-17)25-20(2,3)4)10-11-24(15)18-9-8-16(12-21)13-22-18/h8-9,13,15,18,22H,5-7,10-11,14H2,1-4H3. The lowest BCUT2D eigenvalue weighted by Gasteiger charge is -2.46. The molecule has 3 aliphatic rings. The van der Waals surface area contributed by atoms with Gasteiger partial charge in [0.25, 0.3) is 0 Å². The molecule has 0 aromatic heterocycles. The summed E-state index contributed by atoms with van der Waals surface area (Å²) in [5, 5.41) is 12.3. The van der Waals surface area contributed by atoms with Crippen molar-refractivity contribution in [2.75, 3.05) is 19.6 Å². The molecule has 2 fully saturated rings. The number of nitrogens with zero attached hydrogens (tertiary/aromatic N) is 3. The van der Waals surface area contributed by atoms with Gasteiger partial charge in [0, 0.05) is 31.9 Å². The molecule has 1 saturated carbocycles. The van der Waals surface area contributed by atoms with Crippen molar-refractivity contribution in [1.29, 1.82) is 5.26 Å². The fourth-order valence-corrected chi connectivity index (χ4v) is 3.54. The van der Waals surface area contributed by atoms with E-state index in [9.17, 15) is 0 Å². The van der Waals surface area contributed by atoms with Crippen LogP contribution in [0, 0.1) is 11.3 Å². The maximum absolute atomic E-state index is 8.96. The monoisotopic (exact) mass is 342 g/mol. The molecule has 0 spiro atoms. The Morgan fingerprint density at radius 2 is 2.08 bits per heavy atom. The fourth-order valence-electron chi connectivity index (χ4n) is 3.54. The first-order chi connectivity index (χ1) is 11.9. The highest BCUT2D eigenvalue weighted by Gasteiger charge is 2.33. The third-order valence-corrected chi connectivity index (χ3v) is 4.98. The van der Waals surface area contributed by atoms with E-state index in [0.717, 1.165) is 25.5 Å². The summed E-state index contributed by atoms with van der Waals surface area (Å²) in [5.74, 6) is 1.13. The van der Waals surface area contributed by atoms with E-state index < -0.39 is 0 Å². The van der Waals surface area contributed by atoms with Gasteiger partial charge in [-0.05, 0) is 64.7 Å². The summed E-state index contributed by atoms with van der Waals surface area (Å²) in [4.78, 5) is 4.89. The third kappa shape index (κ3) is 4.19. The van der Waals surface area contributed by atoms with Crippen LogP contribution >= 0.6 is 0 Å². The van der Waals surface area contributed by atoms with Crippen LogP contribution in [0.3, 0.4) is 0 Å². The van der Waals surface area contributed by atoms with E-state index in [2.05, 4.69) is 55.0 Å². The number of rotatable bonds is 3. The molecular formula is C20H30N4O. The molecule has 2 atom stereocenters. The Balaban J connectivity index is 1.66. The minimum absolute atomic E-state index is 0.162. The molecular weight excluding hydrogens is 312 g/mol. The molecule has 1 N–H and O–H groups in total. The average molecular weight is 342 g/mol. The third-order valence-electron chi connectivity index (χ3n) is 4.98. The zero-order valence-electron chi connectivity index (χ0n) is 15.9. The Morgan fingerprint density at radius 3 is 2.56 bits per heavy atom. The van der Waals surface area contributed by atoms with E-state index in [4.69, 9.17) is 10.00 Å². The highest BCUT2D eigenvalue weighted by atomic mass is 16.5. The highest BCUT2D eigenvalue weighted by molar-refractivity contribution is 5.35. The van der Waals surface area contributed by atoms with Crippen molar-refractivity contribution in [2.24, 2.45) is 0 Å². The van der Waals surface area contributed by atoms with Gasteiger partial charge in [-0.1, -0.05) is 0 Å². The minimum atomic E-state index is -0.162. The van der Waals surface area contributed by atoms with Crippen LogP contribution in [0.1, 0.15) is 47.0 Å². The molecule has 2 unspecified atom stereocenters. The van der Waals surface area contributed by atoms with E-state index >= 15 is 0 Å². The summed E-state index contributed by atoms with van der Waals surface area (Å²) in [6.45, 7) is 11.6. The number of nitriles is 1. The molecule has 1 saturated heterocycles. The lowest BCUT2D eigenvalue weighted by atomic mass is 9.92. The molecule has 0 bridgehead atoms. The number of ether oxygens (including phenoxy) is 1. The van der Waals surface area contributed by atoms with Gasteiger partial charge in [-0.25, -0.2) is 0 Å². The summed E-state index contributed by atoms with van der Waals surface area (Å²) >= 11 is 0. The Labute approximate surface area is 151 Å². The van der Waals surface area contributed by atoms with E-state index in [-0.39, 0.29) is 11.8 Å². The predicted octanol–water partition coefficient (Wildman–Crippen LogP) is 3.10. The Hall–Kier alpha value is -1.93.